The van der Waals surface area contributed by atoms with Gasteiger partial charge in [0.05, 0.1) is 16.8 Å². The number of halogens is 2. The van der Waals surface area contributed by atoms with Gasteiger partial charge in [-0.15, -0.1) is 0 Å². The van der Waals surface area contributed by atoms with Crippen LogP contribution in [0.1, 0.15) is 46.1 Å². The molecule has 0 spiro atoms. The average Bonchev–Trinajstić information content (AvgIpc) is 3.22. The highest BCUT2D eigenvalue weighted by molar-refractivity contribution is 6.48. The van der Waals surface area contributed by atoms with E-state index in [0.29, 0.717) is 5.82 Å². The van der Waals surface area contributed by atoms with Gasteiger partial charge in [-0.3, -0.25) is 0 Å². The Morgan fingerprint density at radius 1 is 1.14 bits per heavy atom. The smallest absolute Gasteiger partial charge is 0.403 e. The Balaban J connectivity index is 0.000000164. The van der Waals surface area contributed by atoms with Crippen LogP contribution in [0.3, 0.4) is 0 Å². The molecule has 2 aliphatic rings. The summed E-state index contributed by atoms with van der Waals surface area (Å²) < 4.78 is 36.3. The van der Waals surface area contributed by atoms with Crippen LogP contribution in [0.25, 0.3) is 0 Å². The topological polar surface area (TPSA) is 42.2 Å². The molecule has 0 atom stereocenters. The van der Waals surface area contributed by atoms with Gasteiger partial charge in [0.15, 0.2) is 0 Å². The summed E-state index contributed by atoms with van der Waals surface area (Å²) in [6.07, 6.45) is 2.55. The van der Waals surface area contributed by atoms with Crippen molar-refractivity contribution in [1.82, 2.24) is 0 Å². The summed E-state index contributed by atoms with van der Waals surface area (Å²) in [5, 5.41) is 8.19. The SMILES string of the molecule is CC1(C)OB(C2CC2)OC1(C)C.N#Cc1cc(F)ccc1F. The van der Waals surface area contributed by atoms with Gasteiger partial charge in [-0.2, -0.15) is 5.26 Å². The highest BCUT2D eigenvalue weighted by atomic mass is 19.1. The van der Waals surface area contributed by atoms with Gasteiger partial charge < -0.3 is 9.31 Å². The van der Waals surface area contributed by atoms with E-state index in [1.54, 1.807) is 0 Å². The fourth-order valence-corrected chi connectivity index (χ4v) is 2.03. The minimum atomic E-state index is -0.691. The predicted molar refractivity (Wildman–Crippen MR) is 80.1 cm³/mol. The van der Waals surface area contributed by atoms with E-state index in [-0.39, 0.29) is 23.9 Å². The van der Waals surface area contributed by atoms with Crippen LogP contribution in [0.2, 0.25) is 5.82 Å². The van der Waals surface area contributed by atoms with Crippen molar-refractivity contribution in [1.29, 1.82) is 5.26 Å². The molecule has 3 nitrogen and oxygen atoms in total. The molecule has 6 heteroatoms. The molecule has 0 bridgehead atoms. The molecule has 118 valence electrons. The Labute approximate surface area is 130 Å². The lowest BCUT2D eigenvalue weighted by atomic mass is 9.82. The standard InChI is InChI=1S/C9H17BO2.C7H3F2N/c1-8(2)9(3,4)12-10(11-8)7-5-6-7;8-6-1-2-7(9)5(3-6)4-10/h7H,5-6H2,1-4H3;1-3H. The third-order valence-corrected chi connectivity index (χ3v) is 4.33. The van der Waals surface area contributed by atoms with E-state index in [1.807, 2.05) is 0 Å². The maximum atomic E-state index is 12.4. The largest absolute Gasteiger partial charge is 0.461 e. The zero-order valence-electron chi connectivity index (χ0n) is 13.3. The molecular weight excluding hydrogens is 287 g/mol. The lowest BCUT2D eigenvalue weighted by molar-refractivity contribution is 0.00578. The summed E-state index contributed by atoms with van der Waals surface area (Å²) in [5.41, 5.74) is -0.541. The minimum absolute atomic E-state index is 0.0648. The van der Waals surface area contributed by atoms with Gasteiger partial charge in [-0.25, -0.2) is 8.78 Å². The van der Waals surface area contributed by atoms with E-state index in [4.69, 9.17) is 14.6 Å². The second-order valence-electron chi connectivity index (χ2n) is 6.70. The summed E-state index contributed by atoms with van der Waals surface area (Å²) >= 11 is 0. The summed E-state index contributed by atoms with van der Waals surface area (Å²) in [6, 6.07) is 4.27. The Morgan fingerprint density at radius 3 is 2.09 bits per heavy atom. The summed E-state index contributed by atoms with van der Waals surface area (Å²) in [6.45, 7) is 8.43. The molecule has 1 saturated carbocycles. The van der Waals surface area contributed by atoms with Crippen molar-refractivity contribution >= 4 is 7.12 Å². The number of hydrogen-bond donors (Lipinski definition) is 0. The molecule has 1 heterocycles. The van der Waals surface area contributed by atoms with E-state index < -0.39 is 11.6 Å². The van der Waals surface area contributed by atoms with Gasteiger partial charge in [-0.05, 0) is 51.7 Å². The number of hydrogen-bond acceptors (Lipinski definition) is 3. The van der Waals surface area contributed by atoms with Gasteiger partial charge >= 0.3 is 7.12 Å². The van der Waals surface area contributed by atoms with Gasteiger partial charge in [0.1, 0.15) is 17.7 Å². The second kappa shape index (κ2) is 5.98. The summed E-state index contributed by atoms with van der Waals surface area (Å²) in [4.78, 5) is 0. The highest BCUT2D eigenvalue weighted by Crippen LogP contribution is 2.48. The molecule has 22 heavy (non-hydrogen) atoms. The zero-order valence-corrected chi connectivity index (χ0v) is 13.3. The summed E-state index contributed by atoms with van der Waals surface area (Å²) in [7, 11) is 0.0648. The lowest BCUT2D eigenvalue weighted by Gasteiger charge is -2.32. The number of nitrogens with zero attached hydrogens (tertiary/aromatic N) is 1. The van der Waals surface area contributed by atoms with E-state index in [1.165, 1.54) is 18.9 Å². The summed E-state index contributed by atoms with van der Waals surface area (Å²) in [5.74, 6) is -0.618. The van der Waals surface area contributed by atoms with Crippen molar-refractivity contribution in [2.75, 3.05) is 0 Å². The molecule has 0 aromatic heterocycles. The van der Waals surface area contributed by atoms with Crippen molar-refractivity contribution in [3.63, 3.8) is 0 Å². The number of benzene rings is 1. The van der Waals surface area contributed by atoms with Gasteiger partial charge in [0, 0.05) is 0 Å². The normalized spacial score (nSPS) is 21.8. The highest BCUT2D eigenvalue weighted by Gasteiger charge is 2.55. The molecule has 0 radical (unpaired) electrons. The molecule has 0 amide bonds. The van der Waals surface area contributed by atoms with Crippen LogP contribution < -0.4 is 0 Å². The lowest BCUT2D eigenvalue weighted by Crippen LogP contribution is -2.41. The maximum Gasteiger partial charge on any atom is 0.461 e. The van der Waals surface area contributed by atoms with Crippen LogP contribution in [0, 0.1) is 23.0 Å². The van der Waals surface area contributed by atoms with E-state index in [2.05, 4.69) is 27.7 Å². The first-order chi connectivity index (χ1) is 10.2. The molecule has 1 aliphatic carbocycles. The van der Waals surface area contributed by atoms with Crippen LogP contribution in [-0.2, 0) is 9.31 Å². The monoisotopic (exact) mass is 307 g/mol. The molecule has 1 aliphatic heterocycles. The van der Waals surface area contributed by atoms with E-state index >= 15 is 0 Å². The van der Waals surface area contributed by atoms with Crippen LogP contribution in [0.5, 0.6) is 0 Å². The average molecular weight is 307 g/mol. The van der Waals surface area contributed by atoms with Crippen molar-refractivity contribution in [3.05, 3.63) is 35.4 Å². The second-order valence-corrected chi connectivity index (χ2v) is 6.70. The molecule has 0 N–H and O–H groups in total. The van der Waals surface area contributed by atoms with Crippen molar-refractivity contribution in [2.45, 2.75) is 57.6 Å². The number of nitriles is 1. The quantitative estimate of drug-likeness (QED) is 0.734. The van der Waals surface area contributed by atoms with Crippen molar-refractivity contribution in [3.8, 4) is 6.07 Å². The van der Waals surface area contributed by atoms with Crippen molar-refractivity contribution < 1.29 is 18.1 Å². The zero-order chi connectivity index (χ0) is 16.5. The Bertz CT molecular complexity index is 578. The van der Waals surface area contributed by atoms with Crippen LogP contribution >= 0.6 is 0 Å². The van der Waals surface area contributed by atoms with Gasteiger partial charge in [-0.1, -0.05) is 12.8 Å². The Kier molecular flexibility index (Phi) is 4.60. The molecular formula is C16H20BF2NO2. The molecule has 0 unspecified atom stereocenters. The first-order valence-corrected chi connectivity index (χ1v) is 7.37. The van der Waals surface area contributed by atoms with Crippen molar-refractivity contribution in [2.24, 2.45) is 0 Å². The molecule has 2 fully saturated rings. The fraction of sp³-hybridized carbons (Fsp3) is 0.562. The number of rotatable bonds is 1. The predicted octanol–water partition coefficient (Wildman–Crippen LogP) is 4.08. The van der Waals surface area contributed by atoms with Crippen LogP contribution in [0.4, 0.5) is 8.78 Å². The fourth-order valence-electron chi connectivity index (χ4n) is 2.03. The molecule has 1 saturated heterocycles. The van der Waals surface area contributed by atoms with Gasteiger partial charge in [0.2, 0.25) is 0 Å². The minimum Gasteiger partial charge on any atom is -0.403 e. The first kappa shape index (κ1) is 16.9. The van der Waals surface area contributed by atoms with Crippen LogP contribution in [-0.4, -0.2) is 18.3 Å². The molecule has 1 aromatic carbocycles. The molecule has 3 rings (SSSR count). The third kappa shape index (κ3) is 3.65. The Hall–Kier alpha value is -1.45. The van der Waals surface area contributed by atoms with E-state index in [0.717, 1.165) is 18.2 Å². The third-order valence-electron chi connectivity index (χ3n) is 4.33. The van der Waals surface area contributed by atoms with E-state index in [9.17, 15) is 8.78 Å². The van der Waals surface area contributed by atoms with Gasteiger partial charge in [0.25, 0.3) is 0 Å². The first-order valence-electron chi connectivity index (χ1n) is 7.37. The maximum absolute atomic E-state index is 12.4. The van der Waals surface area contributed by atoms with Crippen LogP contribution in [0.15, 0.2) is 18.2 Å². The molecule has 1 aromatic rings. The Morgan fingerprint density at radius 2 is 1.68 bits per heavy atom.